The van der Waals surface area contributed by atoms with Gasteiger partial charge in [0.15, 0.2) is 0 Å². The molecule has 0 amide bonds. The first-order valence-electron chi connectivity index (χ1n) is 10.3. The lowest BCUT2D eigenvalue weighted by Gasteiger charge is -2.33. The fourth-order valence-electron chi connectivity index (χ4n) is 4.22. The number of carboxylic acids is 1. The van der Waals surface area contributed by atoms with Gasteiger partial charge >= 0.3 is 5.97 Å². The average Bonchev–Trinajstić information content (AvgIpc) is 3.18. The number of hydrogen-bond donors (Lipinski definition) is 2. The molecular formula is C23H27N5O2. The number of rotatable bonds is 6. The zero-order valence-corrected chi connectivity index (χ0v) is 17.3. The van der Waals surface area contributed by atoms with Crippen LogP contribution in [-0.2, 0) is 0 Å². The van der Waals surface area contributed by atoms with Gasteiger partial charge in [-0.2, -0.15) is 5.10 Å². The molecule has 30 heavy (non-hydrogen) atoms. The molecule has 2 heterocycles. The first-order valence-corrected chi connectivity index (χ1v) is 10.3. The minimum atomic E-state index is -0.987. The molecule has 1 fully saturated rings. The molecule has 4 rings (SSSR count). The summed E-state index contributed by atoms with van der Waals surface area (Å²) >= 11 is 0. The van der Waals surface area contributed by atoms with E-state index in [1.54, 1.807) is 6.20 Å². The van der Waals surface area contributed by atoms with Crippen molar-refractivity contribution in [2.45, 2.75) is 37.8 Å². The number of carboxylic acid groups (broad SMARTS) is 1. The molecule has 1 aliphatic carbocycles. The Bertz CT molecular complexity index is 1010. The maximum atomic E-state index is 11.7. The Morgan fingerprint density at radius 2 is 1.83 bits per heavy atom. The molecule has 0 spiro atoms. The van der Waals surface area contributed by atoms with E-state index in [0.29, 0.717) is 11.7 Å². The van der Waals surface area contributed by atoms with Gasteiger partial charge < -0.3 is 15.3 Å². The number of anilines is 2. The van der Waals surface area contributed by atoms with Crippen molar-refractivity contribution in [2.24, 2.45) is 0 Å². The molecule has 0 aliphatic heterocycles. The van der Waals surface area contributed by atoms with Crippen LogP contribution < -0.4 is 5.32 Å². The Balaban J connectivity index is 1.72. The summed E-state index contributed by atoms with van der Waals surface area (Å²) in [5.74, 6) is -0.177. The topological polar surface area (TPSA) is 83.3 Å². The highest BCUT2D eigenvalue weighted by Crippen LogP contribution is 2.37. The zero-order chi connectivity index (χ0) is 21.1. The fourth-order valence-corrected chi connectivity index (χ4v) is 4.22. The summed E-state index contributed by atoms with van der Waals surface area (Å²) < 4.78 is 2.03. The van der Waals surface area contributed by atoms with Crippen molar-refractivity contribution in [1.29, 1.82) is 0 Å². The van der Waals surface area contributed by atoms with Crippen LogP contribution in [0.15, 0.2) is 55.0 Å². The van der Waals surface area contributed by atoms with Crippen LogP contribution in [-0.4, -0.2) is 50.9 Å². The molecule has 0 unspecified atom stereocenters. The zero-order valence-electron chi connectivity index (χ0n) is 17.3. The highest BCUT2D eigenvalue weighted by Gasteiger charge is 2.27. The van der Waals surface area contributed by atoms with Gasteiger partial charge in [-0.1, -0.05) is 30.3 Å². The third kappa shape index (κ3) is 4.07. The third-order valence-corrected chi connectivity index (χ3v) is 5.93. The monoisotopic (exact) mass is 405 g/mol. The molecule has 1 saturated carbocycles. The van der Waals surface area contributed by atoms with Gasteiger partial charge in [0.25, 0.3) is 0 Å². The van der Waals surface area contributed by atoms with Gasteiger partial charge in [0.2, 0.25) is 0 Å². The maximum Gasteiger partial charge on any atom is 0.337 e. The molecule has 1 aromatic carbocycles. The van der Waals surface area contributed by atoms with Crippen LogP contribution in [0.25, 0.3) is 11.1 Å². The number of hydrogen-bond acceptors (Lipinski definition) is 5. The van der Waals surface area contributed by atoms with Crippen LogP contribution in [0.2, 0.25) is 0 Å². The van der Waals surface area contributed by atoms with E-state index in [1.807, 2.05) is 41.2 Å². The van der Waals surface area contributed by atoms with E-state index < -0.39 is 5.97 Å². The van der Waals surface area contributed by atoms with Gasteiger partial charge in [0, 0.05) is 17.8 Å². The summed E-state index contributed by atoms with van der Waals surface area (Å²) in [4.78, 5) is 18.1. The molecule has 7 nitrogen and oxygen atoms in total. The Kier molecular flexibility index (Phi) is 5.81. The summed E-state index contributed by atoms with van der Waals surface area (Å²) in [6.07, 6.45) is 9.21. The van der Waals surface area contributed by atoms with Crippen LogP contribution in [0.4, 0.5) is 11.5 Å². The predicted molar refractivity (Wildman–Crippen MR) is 117 cm³/mol. The SMILES string of the molecule is CN(C)C1CCC(n2ncc(-c3ccccc3)c2Nc2cnccc2C(=O)O)CC1. The number of nitrogens with one attached hydrogen (secondary N) is 1. The van der Waals surface area contributed by atoms with Gasteiger partial charge in [-0.25, -0.2) is 9.48 Å². The Morgan fingerprint density at radius 1 is 1.10 bits per heavy atom. The molecule has 7 heteroatoms. The molecule has 2 N–H and O–H groups in total. The van der Waals surface area contributed by atoms with E-state index in [2.05, 4.69) is 29.3 Å². The van der Waals surface area contributed by atoms with E-state index in [-0.39, 0.29) is 11.6 Å². The van der Waals surface area contributed by atoms with Crippen molar-refractivity contribution in [2.75, 3.05) is 19.4 Å². The highest BCUT2D eigenvalue weighted by atomic mass is 16.4. The summed E-state index contributed by atoms with van der Waals surface area (Å²) in [6.45, 7) is 0. The lowest BCUT2D eigenvalue weighted by Crippen LogP contribution is -2.33. The minimum absolute atomic E-state index is 0.188. The summed E-state index contributed by atoms with van der Waals surface area (Å²) in [6, 6.07) is 12.4. The Morgan fingerprint density at radius 3 is 2.50 bits per heavy atom. The second-order valence-corrected chi connectivity index (χ2v) is 7.99. The smallest absolute Gasteiger partial charge is 0.337 e. The number of nitrogens with zero attached hydrogens (tertiary/aromatic N) is 4. The highest BCUT2D eigenvalue weighted by molar-refractivity contribution is 5.95. The van der Waals surface area contributed by atoms with Crippen LogP contribution in [0, 0.1) is 0 Å². The first kappa shape index (κ1) is 20.1. The van der Waals surface area contributed by atoms with Gasteiger partial charge in [-0.15, -0.1) is 0 Å². The van der Waals surface area contributed by atoms with Crippen LogP contribution in [0.3, 0.4) is 0 Å². The molecule has 156 valence electrons. The Hall–Kier alpha value is -3.19. The van der Waals surface area contributed by atoms with Crippen LogP contribution >= 0.6 is 0 Å². The standard InChI is InChI=1S/C23H27N5O2/c1-27(2)17-8-10-18(11-9-17)28-22(20(14-25-28)16-6-4-3-5-7-16)26-21-15-24-13-12-19(21)23(29)30/h3-7,12-15,17-18,26H,8-11H2,1-2H3,(H,29,30). The van der Waals surface area contributed by atoms with Crippen LogP contribution in [0.5, 0.6) is 0 Å². The second-order valence-electron chi connectivity index (χ2n) is 7.99. The van der Waals surface area contributed by atoms with E-state index in [0.717, 1.165) is 42.6 Å². The molecular weight excluding hydrogens is 378 g/mol. The number of aromatic nitrogens is 3. The fraction of sp³-hybridized carbons (Fsp3) is 0.348. The summed E-state index contributed by atoms with van der Waals surface area (Å²) in [5.41, 5.74) is 2.64. The van der Waals surface area contributed by atoms with Gasteiger partial charge in [0.05, 0.1) is 29.7 Å². The normalized spacial score (nSPS) is 19.0. The third-order valence-electron chi connectivity index (χ3n) is 5.93. The van der Waals surface area contributed by atoms with Gasteiger partial charge in [0.1, 0.15) is 5.82 Å². The molecule has 1 aliphatic rings. The van der Waals surface area contributed by atoms with Crippen molar-refractivity contribution in [3.8, 4) is 11.1 Å². The van der Waals surface area contributed by atoms with Crippen molar-refractivity contribution in [3.63, 3.8) is 0 Å². The van der Waals surface area contributed by atoms with Crippen molar-refractivity contribution >= 4 is 17.5 Å². The largest absolute Gasteiger partial charge is 0.478 e. The minimum Gasteiger partial charge on any atom is -0.478 e. The van der Waals surface area contributed by atoms with Crippen molar-refractivity contribution in [1.82, 2.24) is 19.7 Å². The lowest BCUT2D eigenvalue weighted by atomic mass is 9.90. The number of aromatic carboxylic acids is 1. The van der Waals surface area contributed by atoms with Crippen molar-refractivity contribution < 1.29 is 9.90 Å². The number of pyridine rings is 1. The molecule has 3 aromatic rings. The predicted octanol–water partition coefficient (Wildman–Crippen LogP) is 4.43. The molecule has 0 bridgehead atoms. The van der Waals surface area contributed by atoms with Crippen LogP contribution in [0.1, 0.15) is 42.1 Å². The van der Waals surface area contributed by atoms with E-state index >= 15 is 0 Å². The molecule has 0 radical (unpaired) electrons. The number of carbonyl (C=O) groups is 1. The lowest BCUT2D eigenvalue weighted by molar-refractivity contribution is 0.0698. The summed E-state index contributed by atoms with van der Waals surface area (Å²) in [7, 11) is 4.27. The van der Waals surface area contributed by atoms with E-state index in [9.17, 15) is 9.90 Å². The van der Waals surface area contributed by atoms with Crippen molar-refractivity contribution in [3.05, 3.63) is 60.6 Å². The molecule has 0 atom stereocenters. The maximum absolute atomic E-state index is 11.7. The summed E-state index contributed by atoms with van der Waals surface area (Å²) in [5, 5.41) is 17.7. The second kappa shape index (κ2) is 8.67. The van der Waals surface area contributed by atoms with E-state index in [4.69, 9.17) is 5.10 Å². The number of benzene rings is 1. The Labute approximate surface area is 176 Å². The molecule has 2 aromatic heterocycles. The van der Waals surface area contributed by atoms with E-state index in [1.165, 1.54) is 12.3 Å². The first-order chi connectivity index (χ1) is 14.5. The molecule has 0 saturated heterocycles. The van der Waals surface area contributed by atoms with Gasteiger partial charge in [-0.05, 0) is 51.4 Å². The average molecular weight is 406 g/mol. The van der Waals surface area contributed by atoms with Gasteiger partial charge in [-0.3, -0.25) is 4.98 Å². The quantitative estimate of drug-likeness (QED) is 0.631.